The molecular weight excluding hydrogens is 240 g/mol. The number of hydrogen-bond donors (Lipinski definition) is 1. The van der Waals surface area contributed by atoms with Crippen molar-refractivity contribution < 1.29 is 9.59 Å². The van der Waals surface area contributed by atoms with Gasteiger partial charge in [-0.2, -0.15) is 0 Å². The number of carbonyl (C=O) groups is 2. The Hall–Kier alpha value is -2.49. The van der Waals surface area contributed by atoms with Gasteiger partial charge in [-0.15, -0.1) is 13.2 Å². The van der Waals surface area contributed by atoms with Gasteiger partial charge in [0.2, 0.25) is 0 Å². The maximum absolute atomic E-state index is 11.9. The number of para-hydroxylation sites is 1. The molecule has 0 aliphatic carbocycles. The second-order valence-electron chi connectivity index (χ2n) is 3.76. The summed E-state index contributed by atoms with van der Waals surface area (Å²) in [6, 6.07) is 9.05. The van der Waals surface area contributed by atoms with E-state index in [-0.39, 0.29) is 18.2 Å². The van der Waals surface area contributed by atoms with Gasteiger partial charge in [-0.25, -0.2) is 0 Å². The summed E-state index contributed by atoms with van der Waals surface area (Å²) in [4.78, 5) is 26.9. The fourth-order valence-corrected chi connectivity index (χ4v) is 1.59. The van der Waals surface area contributed by atoms with Crippen molar-refractivity contribution in [3.05, 3.63) is 55.3 Å². The summed E-state index contributed by atoms with van der Waals surface area (Å²) < 4.78 is 0. The Morgan fingerprint density at radius 1 is 1.21 bits per heavy atom. The first-order valence-corrected chi connectivity index (χ1v) is 5.80. The molecule has 0 atom stereocenters. The molecule has 0 fully saturated rings. The Morgan fingerprint density at radius 3 is 2.58 bits per heavy atom. The van der Waals surface area contributed by atoms with Gasteiger partial charge in [0, 0.05) is 11.6 Å². The van der Waals surface area contributed by atoms with Crippen molar-refractivity contribution in [2.45, 2.75) is 6.92 Å². The van der Waals surface area contributed by atoms with Gasteiger partial charge >= 0.3 is 0 Å². The number of nitrogens with one attached hydrogen (secondary N) is 1. The highest BCUT2D eigenvalue weighted by molar-refractivity contribution is 6.06. The Kier molecular flexibility index (Phi) is 5.41. The quantitative estimate of drug-likeness (QED) is 0.857. The zero-order valence-corrected chi connectivity index (χ0v) is 10.8. The molecule has 0 bridgehead atoms. The molecule has 1 heterocycles. The van der Waals surface area contributed by atoms with Crippen molar-refractivity contribution in [1.82, 2.24) is 10.3 Å². The van der Waals surface area contributed by atoms with Crippen LogP contribution in [0.1, 0.15) is 17.3 Å². The van der Waals surface area contributed by atoms with Crippen LogP contribution in [0.25, 0.3) is 10.9 Å². The monoisotopic (exact) mass is 256 g/mol. The van der Waals surface area contributed by atoms with Crippen LogP contribution in [-0.2, 0) is 4.79 Å². The highest BCUT2D eigenvalue weighted by Crippen LogP contribution is 2.15. The van der Waals surface area contributed by atoms with E-state index >= 15 is 0 Å². The molecule has 0 unspecified atom stereocenters. The van der Waals surface area contributed by atoms with Crippen molar-refractivity contribution in [1.29, 1.82) is 0 Å². The summed E-state index contributed by atoms with van der Waals surface area (Å²) in [6.45, 7) is 7.49. The smallest absolute Gasteiger partial charge is 0.252 e. The largest absolute Gasteiger partial charge is 0.345 e. The fourth-order valence-electron chi connectivity index (χ4n) is 1.59. The first-order valence-electron chi connectivity index (χ1n) is 5.80. The van der Waals surface area contributed by atoms with E-state index in [0.29, 0.717) is 5.56 Å². The third-order valence-corrected chi connectivity index (χ3v) is 2.39. The van der Waals surface area contributed by atoms with Crippen LogP contribution in [-0.4, -0.2) is 23.2 Å². The standard InChI is InChI=1S/C13H12N2O2.C2H4/c1-9(16)8-15-13(17)11-6-7-14-12-5-3-2-4-10(11)12;1-2/h2-7H,8H2,1H3,(H,15,17);1-2H2. The Labute approximate surface area is 112 Å². The summed E-state index contributed by atoms with van der Waals surface area (Å²) in [5, 5.41) is 3.36. The Balaban J connectivity index is 0.000000861. The predicted octanol–water partition coefficient (Wildman–Crippen LogP) is 2.36. The summed E-state index contributed by atoms with van der Waals surface area (Å²) >= 11 is 0. The Morgan fingerprint density at radius 2 is 1.89 bits per heavy atom. The van der Waals surface area contributed by atoms with E-state index in [1.165, 1.54) is 6.92 Å². The van der Waals surface area contributed by atoms with E-state index in [1.807, 2.05) is 24.3 Å². The predicted molar refractivity (Wildman–Crippen MR) is 76.0 cm³/mol. The van der Waals surface area contributed by atoms with Crippen LogP contribution >= 0.6 is 0 Å². The van der Waals surface area contributed by atoms with Gasteiger partial charge < -0.3 is 5.32 Å². The lowest BCUT2D eigenvalue weighted by molar-refractivity contribution is -0.116. The number of pyridine rings is 1. The number of nitrogens with zero attached hydrogens (tertiary/aromatic N) is 1. The van der Waals surface area contributed by atoms with E-state index in [0.717, 1.165) is 10.9 Å². The number of benzene rings is 1. The number of carbonyl (C=O) groups excluding carboxylic acids is 2. The number of aromatic nitrogens is 1. The molecule has 1 aromatic carbocycles. The number of amides is 1. The number of Topliss-reactive ketones (excluding diaryl/α,β-unsaturated/α-hetero) is 1. The first-order chi connectivity index (χ1) is 9.18. The van der Waals surface area contributed by atoms with Gasteiger partial charge in [0.25, 0.3) is 5.91 Å². The van der Waals surface area contributed by atoms with Gasteiger partial charge in [-0.3, -0.25) is 14.6 Å². The van der Waals surface area contributed by atoms with Gasteiger partial charge in [0.05, 0.1) is 17.6 Å². The number of ketones is 1. The van der Waals surface area contributed by atoms with Crippen molar-refractivity contribution in [2.24, 2.45) is 0 Å². The van der Waals surface area contributed by atoms with Crippen molar-refractivity contribution in [3.63, 3.8) is 0 Å². The maximum atomic E-state index is 11.9. The third kappa shape index (κ3) is 3.74. The minimum absolute atomic E-state index is 0.0511. The molecule has 0 saturated carbocycles. The molecule has 4 nitrogen and oxygen atoms in total. The molecule has 0 radical (unpaired) electrons. The molecule has 0 spiro atoms. The first kappa shape index (κ1) is 14.6. The lowest BCUT2D eigenvalue weighted by atomic mass is 10.1. The zero-order chi connectivity index (χ0) is 14.3. The van der Waals surface area contributed by atoms with E-state index < -0.39 is 0 Å². The molecule has 4 heteroatoms. The minimum atomic E-state index is -0.251. The van der Waals surface area contributed by atoms with Crippen molar-refractivity contribution in [2.75, 3.05) is 6.54 Å². The van der Waals surface area contributed by atoms with Crippen LogP contribution in [0.3, 0.4) is 0 Å². The molecule has 1 amide bonds. The highest BCUT2D eigenvalue weighted by Gasteiger charge is 2.09. The summed E-state index contributed by atoms with van der Waals surface area (Å²) in [7, 11) is 0. The van der Waals surface area contributed by atoms with E-state index in [1.54, 1.807) is 12.3 Å². The SMILES string of the molecule is C=C.CC(=O)CNC(=O)c1ccnc2ccccc12. The molecule has 2 rings (SSSR count). The van der Waals surface area contributed by atoms with Crippen LogP contribution in [0, 0.1) is 0 Å². The number of rotatable bonds is 3. The Bertz CT molecular complexity index is 588. The minimum Gasteiger partial charge on any atom is -0.345 e. The molecule has 0 aliphatic heterocycles. The third-order valence-electron chi connectivity index (χ3n) is 2.39. The number of hydrogen-bond acceptors (Lipinski definition) is 3. The van der Waals surface area contributed by atoms with Crippen LogP contribution in [0.15, 0.2) is 49.7 Å². The van der Waals surface area contributed by atoms with Crippen LogP contribution in [0.5, 0.6) is 0 Å². The van der Waals surface area contributed by atoms with Gasteiger partial charge in [-0.1, -0.05) is 18.2 Å². The molecule has 19 heavy (non-hydrogen) atoms. The van der Waals surface area contributed by atoms with E-state index in [2.05, 4.69) is 23.5 Å². The molecule has 0 aliphatic rings. The van der Waals surface area contributed by atoms with E-state index in [4.69, 9.17) is 0 Å². The lowest BCUT2D eigenvalue weighted by Gasteiger charge is -2.05. The summed E-state index contributed by atoms with van der Waals surface area (Å²) in [5.41, 5.74) is 1.31. The van der Waals surface area contributed by atoms with Gasteiger partial charge in [0.15, 0.2) is 0 Å². The molecule has 98 valence electrons. The lowest BCUT2D eigenvalue weighted by Crippen LogP contribution is -2.28. The topological polar surface area (TPSA) is 59.1 Å². The van der Waals surface area contributed by atoms with Gasteiger partial charge in [-0.05, 0) is 19.1 Å². The molecular formula is C15H16N2O2. The number of fused-ring (bicyclic) bond motifs is 1. The van der Waals surface area contributed by atoms with Gasteiger partial charge in [0.1, 0.15) is 5.78 Å². The zero-order valence-electron chi connectivity index (χ0n) is 10.8. The maximum Gasteiger partial charge on any atom is 0.252 e. The summed E-state index contributed by atoms with van der Waals surface area (Å²) in [6.07, 6.45) is 1.59. The molecule has 0 saturated heterocycles. The highest BCUT2D eigenvalue weighted by atomic mass is 16.2. The van der Waals surface area contributed by atoms with Crippen LogP contribution < -0.4 is 5.32 Å². The van der Waals surface area contributed by atoms with Crippen molar-refractivity contribution >= 4 is 22.6 Å². The van der Waals surface area contributed by atoms with Crippen LogP contribution in [0.4, 0.5) is 0 Å². The normalized spacial score (nSPS) is 9.32. The average molecular weight is 256 g/mol. The van der Waals surface area contributed by atoms with Crippen LogP contribution in [0.2, 0.25) is 0 Å². The second-order valence-corrected chi connectivity index (χ2v) is 3.76. The molecule has 1 N–H and O–H groups in total. The summed E-state index contributed by atoms with van der Waals surface area (Å²) in [5.74, 6) is -0.324. The van der Waals surface area contributed by atoms with Crippen molar-refractivity contribution in [3.8, 4) is 0 Å². The molecule has 1 aromatic heterocycles. The fraction of sp³-hybridized carbons (Fsp3) is 0.133. The second kappa shape index (κ2) is 7.06. The van der Waals surface area contributed by atoms with E-state index in [9.17, 15) is 9.59 Å². The molecule has 2 aromatic rings. The average Bonchev–Trinajstić information content (AvgIpc) is 2.46.